The summed E-state index contributed by atoms with van der Waals surface area (Å²) < 4.78 is 25.4. The molecule has 0 atom stereocenters. The number of nitrogens with one attached hydrogen (secondary N) is 1. The van der Waals surface area contributed by atoms with E-state index in [1.807, 2.05) is 6.92 Å². The number of benzene rings is 1. The fourth-order valence-electron chi connectivity index (χ4n) is 3.22. The number of carboxylic acid groups (broad SMARTS) is 1. The van der Waals surface area contributed by atoms with Crippen LogP contribution in [0.3, 0.4) is 0 Å². The molecule has 150 valence electrons. The molecule has 1 aromatic rings. The molecule has 27 heavy (non-hydrogen) atoms. The fourth-order valence-corrected chi connectivity index (χ4v) is 4.77. The number of amides is 1. The van der Waals surface area contributed by atoms with Crippen LogP contribution in [0.2, 0.25) is 0 Å². The zero-order chi connectivity index (χ0) is 19.9. The van der Waals surface area contributed by atoms with E-state index in [0.29, 0.717) is 37.2 Å². The van der Waals surface area contributed by atoms with Crippen LogP contribution in [0.15, 0.2) is 18.2 Å². The number of aryl methyl sites for hydroxylation is 1. The van der Waals surface area contributed by atoms with Gasteiger partial charge in [-0.3, -0.25) is 13.9 Å². The van der Waals surface area contributed by atoms with Crippen molar-refractivity contribution in [1.29, 1.82) is 0 Å². The van der Waals surface area contributed by atoms with E-state index in [-0.39, 0.29) is 18.1 Å². The number of sulfonamides is 1. The minimum Gasteiger partial charge on any atom is -0.481 e. The van der Waals surface area contributed by atoms with E-state index in [4.69, 9.17) is 5.11 Å². The Morgan fingerprint density at radius 3 is 2.48 bits per heavy atom. The van der Waals surface area contributed by atoms with Gasteiger partial charge in [-0.2, -0.15) is 0 Å². The summed E-state index contributed by atoms with van der Waals surface area (Å²) in [7, 11) is -3.22. The molecular weight excluding hydrogens is 368 g/mol. The van der Waals surface area contributed by atoms with Gasteiger partial charge in [0.1, 0.15) is 0 Å². The van der Waals surface area contributed by atoms with Gasteiger partial charge < -0.3 is 10.4 Å². The van der Waals surface area contributed by atoms with Crippen molar-refractivity contribution in [3.05, 3.63) is 29.3 Å². The van der Waals surface area contributed by atoms with Crippen molar-refractivity contribution in [2.75, 3.05) is 23.1 Å². The molecule has 1 aromatic carbocycles. The van der Waals surface area contributed by atoms with Crippen LogP contribution in [0, 0.1) is 6.92 Å². The predicted molar refractivity (Wildman–Crippen MR) is 105 cm³/mol. The van der Waals surface area contributed by atoms with Crippen molar-refractivity contribution >= 4 is 27.6 Å². The number of unbranched alkanes of at least 4 members (excludes halogenated alkanes) is 4. The lowest BCUT2D eigenvalue weighted by Gasteiger charge is -2.18. The van der Waals surface area contributed by atoms with Gasteiger partial charge >= 0.3 is 5.97 Å². The van der Waals surface area contributed by atoms with Crippen molar-refractivity contribution in [3.63, 3.8) is 0 Å². The summed E-state index contributed by atoms with van der Waals surface area (Å²) in [5.41, 5.74) is 1.92. The molecule has 2 rings (SSSR count). The fraction of sp³-hybridized carbons (Fsp3) is 0.579. The van der Waals surface area contributed by atoms with Crippen molar-refractivity contribution in [1.82, 2.24) is 5.32 Å². The lowest BCUT2D eigenvalue weighted by Crippen LogP contribution is -2.27. The molecule has 1 aliphatic heterocycles. The SMILES string of the molecule is Cc1cc(N2CCCS2(=O)=O)ccc1C(=O)NCCCCCCCC(=O)O. The first-order chi connectivity index (χ1) is 12.8. The third-order valence-corrected chi connectivity index (χ3v) is 6.56. The second-order valence-electron chi connectivity index (χ2n) is 6.91. The second kappa shape index (κ2) is 9.73. The quantitative estimate of drug-likeness (QED) is 0.592. The van der Waals surface area contributed by atoms with Crippen molar-refractivity contribution in [3.8, 4) is 0 Å². The molecule has 1 aliphatic rings. The van der Waals surface area contributed by atoms with Crippen LogP contribution in [0.25, 0.3) is 0 Å². The average molecular weight is 397 g/mol. The van der Waals surface area contributed by atoms with Gasteiger partial charge in [0.05, 0.1) is 11.4 Å². The summed E-state index contributed by atoms with van der Waals surface area (Å²) >= 11 is 0. The third kappa shape index (κ3) is 6.23. The Balaban J connectivity index is 1.77. The van der Waals surface area contributed by atoms with Gasteiger partial charge in [0.2, 0.25) is 10.0 Å². The van der Waals surface area contributed by atoms with Gasteiger partial charge in [0, 0.05) is 25.1 Å². The van der Waals surface area contributed by atoms with E-state index in [1.165, 1.54) is 4.31 Å². The zero-order valence-electron chi connectivity index (χ0n) is 15.7. The summed E-state index contributed by atoms with van der Waals surface area (Å²) in [5.74, 6) is -0.745. The van der Waals surface area contributed by atoms with Crippen molar-refractivity contribution < 1.29 is 23.1 Å². The molecule has 1 saturated heterocycles. The number of carbonyl (C=O) groups is 2. The van der Waals surface area contributed by atoms with Crippen LogP contribution in [0.5, 0.6) is 0 Å². The maximum Gasteiger partial charge on any atom is 0.303 e. The van der Waals surface area contributed by atoms with E-state index in [2.05, 4.69) is 5.32 Å². The summed E-state index contributed by atoms with van der Waals surface area (Å²) in [6.07, 6.45) is 5.18. The van der Waals surface area contributed by atoms with E-state index in [1.54, 1.807) is 18.2 Å². The highest BCUT2D eigenvalue weighted by Gasteiger charge is 2.28. The first kappa shape index (κ1) is 21.2. The lowest BCUT2D eigenvalue weighted by molar-refractivity contribution is -0.137. The first-order valence-electron chi connectivity index (χ1n) is 9.42. The molecule has 2 N–H and O–H groups in total. The maximum atomic E-state index is 12.3. The minimum atomic E-state index is -3.22. The molecule has 0 aliphatic carbocycles. The summed E-state index contributed by atoms with van der Waals surface area (Å²) in [6.45, 7) is 2.86. The predicted octanol–water partition coefficient (Wildman–Crippen LogP) is 2.69. The van der Waals surface area contributed by atoms with Crippen molar-refractivity contribution in [2.24, 2.45) is 0 Å². The van der Waals surface area contributed by atoms with E-state index in [9.17, 15) is 18.0 Å². The first-order valence-corrected chi connectivity index (χ1v) is 11.0. The standard InChI is InChI=1S/C19H28N2O5S/c1-15-14-16(21-12-7-13-27(21,25)26)9-10-17(15)19(24)20-11-6-4-2-3-5-8-18(22)23/h9-10,14H,2-8,11-13H2,1H3,(H,20,24)(H,22,23). The van der Waals surface area contributed by atoms with Gasteiger partial charge in [-0.1, -0.05) is 19.3 Å². The molecule has 8 heteroatoms. The molecular formula is C19H28N2O5S. The Morgan fingerprint density at radius 1 is 1.15 bits per heavy atom. The van der Waals surface area contributed by atoms with E-state index >= 15 is 0 Å². The van der Waals surface area contributed by atoms with Crippen LogP contribution in [0.1, 0.15) is 60.9 Å². The highest BCUT2D eigenvalue weighted by Crippen LogP contribution is 2.26. The average Bonchev–Trinajstić information content (AvgIpc) is 2.95. The van der Waals surface area contributed by atoms with Crippen LogP contribution in [-0.2, 0) is 14.8 Å². The number of carboxylic acids is 1. The number of aliphatic carboxylic acids is 1. The molecule has 0 bridgehead atoms. The minimum absolute atomic E-state index is 0.158. The number of hydrogen-bond acceptors (Lipinski definition) is 4. The number of anilines is 1. The summed E-state index contributed by atoms with van der Waals surface area (Å²) in [4.78, 5) is 22.7. The number of nitrogens with zero attached hydrogens (tertiary/aromatic N) is 1. The molecule has 0 unspecified atom stereocenters. The Bertz CT molecular complexity index is 776. The van der Waals surface area contributed by atoms with Crippen LogP contribution < -0.4 is 9.62 Å². The highest BCUT2D eigenvalue weighted by molar-refractivity contribution is 7.93. The number of rotatable bonds is 10. The Hall–Kier alpha value is -2.09. The third-order valence-electron chi connectivity index (χ3n) is 4.69. The van der Waals surface area contributed by atoms with Gasteiger partial charge in [-0.05, 0) is 49.9 Å². The topological polar surface area (TPSA) is 104 Å². The normalized spacial score (nSPS) is 15.7. The monoisotopic (exact) mass is 396 g/mol. The van der Waals surface area contributed by atoms with Gasteiger partial charge in [-0.15, -0.1) is 0 Å². The van der Waals surface area contributed by atoms with Crippen LogP contribution in [-0.4, -0.2) is 44.2 Å². The molecule has 7 nitrogen and oxygen atoms in total. The Labute approximate surface area is 160 Å². The molecule has 1 amide bonds. The lowest BCUT2D eigenvalue weighted by atomic mass is 10.1. The van der Waals surface area contributed by atoms with Crippen LogP contribution >= 0.6 is 0 Å². The largest absolute Gasteiger partial charge is 0.481 e. The Kier molecular flexibility index (Phi) is 7.65. The molecule has 0 saturated carbocycles. The smallest absolute Gasteiger partial charge is 0.303 e. The zero-order valence-corrected chi connectivity index (χ0v) is 16.6. The van der Waals surface area contributed by atoms with Crippen LogP contribution in [0.4, 0.5) is 5.69 Å². The summed E-state index contributed by atoms with van der Waals surface area (Å²) in [5, 5.41) is 11.5. The highest BCUT2D eigenvalue weighted by atomic mass is 32.2. The molecule has 0 radical (unpaired) electrons. The van der Waals surface area contributed by atoms with Gasteiger partial charge in [-0.25, -0.2) is 8.42 Å². The van der Waals surface area contributed by atoms with E-state index in [0.717, 1.165) is 31.2 Å². The summed E-state index contributed by atoms with van der Waals surface area (Å²) in [6, 6.07) is 5.12. The molecule has 0 aromatic heterocycles. The Morgan fingerprint density at radius 2 is 1.85 bits per heavy atom. The second-order valence-corrected chi connectivity index (χ2v) is 8.92. The van der Waals surface area contributed by atoms with Crippen molar-refractivity contribution in [2.45, 2.75) is 51.9 Å². The number of carbonyl (C=O) groups excluding carboxylic acids is 1. The maximum absolute atomic E-state index is 12.3. The van der Waals surface area contributed by atoms with Gasteiger partial charge in [0.15, 0.2) is 0 Å². The molecule has 1 fully saturated rings. The van der Waals surface area contributed by atoms with E-state index < -0.39 is 16.0 Å². The number of hydrogen-bond donors (Lipinski definition) is 2. The van der Waals surface area contributed by atoms with Gasteiger partial charge in [0.25, 0.3) is 5.91 Å². The molecule has 0 spiro atoms. The molecule has 1 heterocycles.